The zero-order valence-corrected chi connectivity index (χ0v) is 14.6. The average Bonchev–Trinajstić information content (AvgIpc) is 2.62. The van der Waals surface area contributed by atoms with Crippen LogP contribution in [0.2, 0.25) is 0 Å². The smallest absolute Gasteiger partial charge is 0.338 e. The van der Waals surface area contributed by atoms with Crippen LogP contribution in [0, 0.1) is 5.82 Å². The van der Waals surface area contributed by atoms with Crippen molar-refractivity contribution in [3.63, 3.8) is 0 Å². The van der Waals surface area contributed by atoms with Gasteiger partial charge in [0.1, 0.15) is 5.82 Å². The predicted octanol–water partition coefficient (Wildman–Crippen LogP) is 3.99. The van der Waals surface area contributed by atoms with E-state index in [1.165, 1.54) is 25.1 Å². The first-order valence-corrected chi connectivity index (χ1v) is 8.31. The highest BCUT2D eigenvalue weighted by molar-refractivity contribution is 6.02. The number of ether oxygens (including phenoxy) is 1. The summed E-state index contributed by atoms with van der Waals surface area (Å²) < 4.78 is 18.3. The number of ketones is 1. The number of anilines is 1. The fourth-order valence-electron chi connectivity index (χ4n) is 2.30. The number of carbonyl (C=O) groups excluding carboxylic acids is 3. The summed E-state index contributed by atoms with van der Waals surface area (Å²) in [5.41, 5.74) is 0.973. The van der Waals surface area contributed by atoms with E-state index in [4.69, 9.17) is 4.74 Å². The highest BCUT2D eigenvalue weighted by atomic mass is 19.1. The maximum absolute atomic E-state index is 13.2. The Hall–Kier alpha value is -3.02. The summed E-state index contributed by atoms with van der Waals surface area (Å²) in [7, 11) is 0. The quantitative estimate of drug-likeness (QED) is 0.601. The molecule has 1 amide bonds. The van der Waals surface area contributed by atoms with Crippen molar-refractivity contribution in [3.8, 4) is 0 Å². The lowest BCUT2D eigenvalue weighted by Crippen LogP contribution is -2.24. The monoisotopic (exact) mass is 357 g/mol. The molecule has 5 nitrogen and oxygen atoms in total. The molecule has 2 aromatic carbocycles. The molecule has 0 aliphatic rings. The Kier molecular flexibility index (Phi) is 6.60. The van der Waals surface area contributed by atoms with Crippen LogP contribution in [0.4, 0.5) is 10.1 Å². The zero-order chi connectivity index (χ0) is 19.1. The molecule has 2 rings (SSSR count). The molecule has 0 radical (unpaired) electrons. The van der Waals surface area contributed by atoms with Crippen LogP contribution in [0.25, 0.3) is 0 Å². The molecule has 1 atom stereocenters. The molecule has 2 aromatic rings. The molecule has 1 unspecified atom stereocenters. The molecular weight excluding hydrogens is 337 g/mol. The first-order chi connectivity index (χ1) is 12.4. The van der Waals surface area contributed by atoms with Crippen molar-refractivity contribution >= 4 is 23.3 Å². The molecule has 0 heterocycles. The van der Waals surface area contributed by atoms with Gasteiger partial charge in [-0.25, -0.2) is 9.18 Å². The third kappa shape index (κ3) is 5.24. The minimum Gasteiger partial charge on any atom is -0.451 e. The van der Waals surface area contributed by atoms with Gasteiger partial charge in [-0.1, -0.05) is 13.0 Å². The number of hydrogen-bond acceptors (Lipinski definition) is 4. The molecule has 0 bridgehead atoms. The van der Waals surface area contributed by atoms with Crippen molar-refractivity contribution in [1.29, 1.82) is 0 Å². The van der Waals surface area contributed by atoms with Gasteiger partial charge in [0.2, 0.25) is 11.7 Å². The van der Waals surface area contributed by atoms with Gasteiger partial charge in [0.05, 0.1) is 5.56 Å². The summed E-state index contributed by atoms with van der Waals surface area (Å²) in [4.78, 5) is 35.9. The van der Waals surface area contributed by atoms with Gasteiger partial charge in [-0.2, -0.15) is 0 Å². The molecule has 136 valence electrons. The Morgan fingerprint density at radius 1 is 1.08 bits per heavy atom. The largest absolute Gasteiger partial charge is 0.451 e. The van der Waals surface area contributed by atoms with Gasteiger partial charge in [-0.3, -0.25) is 9.59 Å². The highest BCUT2D eigenvalue weighted by Gasteiger charge is 2.20. The van der Waals surface area contributed by atoms with E-state index in [9.17, 15) is 18.8 Å². The second-order valence-corrected chi connectivity index (χ2v) is 5.80. The number of rotatable bonds is 7. The minimum absolute atomic E-state index is 0.0404. The molecule has 26 heavy (non-hydrogen) atoms. The van der Waals surface area contributed by atoms with E-state index < -0.39 is 17.9 Å². The van der Waals surface area contributed by atoms with E-state index in [1.54, 1.807) is 24.3 Å². The summed E-state index contributed by atoms with van der Waals surface area (Å²) in [6.07, 6.45) is 0.149. The summed E-state index contributed by atoms with van der Waals surface area (Å²) >= 11 is 0. The van der Waals surface area contributed by atoms with Crippen LogP contribution < -0.4 is 5.32 Å². The Labute approximate surface area is 151 Å². The zero-order valence-electron chi connectivity index (χ0n) is 14.6. The standard InChI is InChI=1S/C20H20FNO4/c1-3-5-18(23)22-17-10-8-14(9-11-17)19(24)13(2)26-20(25)15-6-4-7-16(21)12-15/h4,6-13H,3,5H2,1-2H3,(H,22,23). The Morgan fingerprint density at radius 2 is 1.77 bits per heavy atom. The van der Waals surface area contributed by atoms with Gasteiger partial charge < -0.3 is 10.1 Å². The van der Waals surface area contributed by atoms with Gasteiger partial charge >= 0.3 is 5.97 Å². The first-order valence-electron chi connectivity index (χ1n) is 8.31. The van der Waals surface area contributed by atoms with Crippen LogP contribution in [0.5, 0.6) is 0 Å². The molecule has 0 aliphatic carbocycles. The van der Waals surface area contributed by atoms with Crippen LogP contribution in [-0.4, -0.2) is 23.8 Å². The summed E-state index contributed by atoms with van der Waals surface area (Å²) in [5, 5.41) is 2.73. The number of Topliss-reactive ketones (excluding diaryl/α,β-unsaturated/α-hetero) is 1. The van der Waals surface area contributed by atoms with Crippen LogP contribution in [0.1, 0.15) is 47.4 Å². The number of hydrogen-bond donors (Lipinski definition) is 1. The SMILES string of the molecule is CCCC(=O)Nc1ccc(C(=O)C(C)OC(=O)c2cccc(F)c2)cc1. The van der Waals surface area contributed by atoms with Gasteiger partial charge in [-0.15, -0.1) is 0 Å². The predicted molar refractivity (Wildman–Crippen MR) is 95.6 cm³/mol. The van der Waals surface area contributed by atoms with Crippen molar-refractivity contribution in [3.05, 3.63) is 65.5 Å². The van der Waals surface area contributed by atoms with E-state index in [2.05, 4.69) is 5.32 Å². The number of benzene rings is 2. The maximum atomic E-state index is 13.2. The Morgan fingerprint density at radius 3 is 2.38 bits per heavy atom. The molecule has 0 fully saturated rings. The number of nitrogens with one attached hydrogen (secondary N) is 1. The van der Waals surface area contributed by atoms with Crippen molar-refractivity contribution in [2.75, 3.05) is 5.32 Å². The van der Waals surface area contributed by atoms with E-state index in [-0.39, 0.29) is 17.3 Å². The van der Waals surface area contributed by atoms with Gasteiger partial charge in [-0.05, 0) is 55.8 Å². The Balaban J connectivity index is 1.99. The van der Waals surface area contributed by atoms with Crippen LogP contribution >= 0.6 is 0 Å². The van der Waals surface area contributed by atoms with E-state index in [0.29, 0.717) is 17.7 Å². The fourth-order valence-corrected chi connectivity index (χ4v) is 2.30. The van der Waals surface area contributed by atoms with Gasteiger partial charge in [0, 0.05) is 17.7 Å². The van der Waals surface area contributed by atoms with Crippen molar-refractivity contribution in [2.45, 2.75) is 32.8 Å². The summed E-state index contributed by atoms with van der Waals surface area (Å²) in [6, 6.07) is 11.4. The van der Waals surface area contributed by atoms with Crippen molar-refractivity contribution in [1.82, 2.24) is 0 Å². The summed E-state index contributed by atoms with van der Waals surface area (Å²) in [6.45, 7) is 3.37. The minimum atomic E-state index is -1.02. The van der Waals surface area contributed by atoms with E-state index in [1.807, 2.05) is 6.92 Å². The molecule has 0 spiro atoms. The lowest BCUT2D eigenvalue weighted by molar-refractivity contribution is -0.116. The third-order valence-corrected chi connectivity index (χ3v) is 3.64. The van der Waals surface area contributed by atoms with Crippen molar-refractivity contribution < 1.29 is 23.5 Å². The normalized spacial score (nSPS) is 11.5. The molecule has 6 heteroatoms. The second-order valence-electron chi connectivity index (χ2n) is 5.80. The molecule has 0 aromatic heterocycles. The third-order valence-electron chi connectivity index (χ3n) is 3.64. The van der Waals surface area contributed by atoms with Gasteiger partial charge in [0.25, 0.3) is 0 Å². The second kappa shape index (κ2) is 8.89. The van der Waals surface area contributed by atoms with Gasteiger partial charge in [0.15, 0.2) is 6.10 Å². The highest BCUT2D eigenvalue weighted by Crippen LogP contribution is 2.14. The molecule has 0 saturated heterocycles. The number of halogens is 1. The first kappa shape index (κ1) is 19.3. The molecule has 0 aliphatic heterocycles. The average molecular weight is 357 g/mol. The number of esters is 1. The number of carbonyl (C=O) groups is 3. The maximum Gasteiger partial charge on any atom is 0.338 e. The number of amides is 1. The molecular formula is C20H20FNO4. The molecule has 1 N–H and O–H groups in total. The lowest BCUT2D eigenvalue weighted by Gasteiger charge is -2.13. The summed E-state index contributed by atoms with van der Waals surface area (Å²) in [5.74, 6) is -1.81. The van der Waals surface area contributed by atoms with Crippen LogP contribution in [0.15, 0.2) is 48.5 Å². The fraction of sp³-hybridized carbons (Fsp3) is 0.250. The molecule has 0 saturated carbocycles. The van der Waals surface area contributed by atoms with Crippen molar-refractivity contribution in [2.24, 2.45) is 0 Å². The Bertz CT molecular complexity index is 802. The van der Waals surface area contributed by atoms with Crippen LogP contribution in [0.3, 0.4) is 0 Å². The van der Waals surface area contributed by atoms with E-state index >= 15 is 0 Å². The lowest BCUT2D eigenvalue weighted by atomic mass is 10.1. The van der Waals surface area contributed by atoms with Crippen LogP contribution in [-0.2, 0) is 9.53 Å². The van der Waals surface area contributed by atoms with E-state index in [0.717, 1.165) is 12.5 Å². The topological polar surface area (TPSA) is 72.5 Å².